The summed E-state index contributed by atoms with van der Waals surface area (Å²) < 4.78 is 12.4. The van der Waals surface area contributed by atoms with Crippen LogP contribution in [0, 0.1) is 0 Å². The number of ether oxygens (including phenoxy) is 2. The van der Waals surface area contributed by atoms with Gasteiger partial charge in [0.25, 0.3) is 0 Å². The molecule has 0 spiro atoms. The quantitative estimate of drug-likeness (QED) is 0.336. The van der Waals surface area contributed by atoms with E-state index in [4.69, 9.17) is 9.47 Å². The van der Waals surface area contributed by atoms with Crippen LogP contribution < -0.4 is 0 Å². The van der Waals surface area contributed by atoms with E-state index in [1.807, 2.05) is 0 Å². The highest BCUT2D eigenvalue weighted by atomic mass is 16.5. The van der Waals surface area contributed by atoms with Crippen molar-refractivity contribution in [3.63, 3.8) is 0 Å². The largest absolute Gasteiger partial charge is 0.379 e. The zero-order valence-corrected chi connectivity index (χ0v) is 14.5. The van der Waals surface area contributed by atoms with Crippen molar-refractivity contribution in [2.75, 3.05) is 53.1 Å². The van der Waals surface area contributed by atoms with Gasteiger partial charge in [0.15, 0.2) is 0 Å². The number of quaternary nitrogens is 1. The van der Waals surface area contributed by atoms with Gasteiger partial charge in [0.2, 0.25) is 0 Å². The van der Waals surface area contributed by atoms with Gasteiger partial charge < -0.3 is 14.0 Å². The van der Waals surface area contributed by atoms with Crippen molar-refractivity contribution < 1.29 is 14.0 Å². The molecule has 0 atom stereocenters. The van der Waals surface area contributed by atoms with Gasteiger partial charge in [0.05, 0.1) is 40.0 Å². The van der Waals surface area contributed by atoms with E-state index in [9.17, 15) is 0 Å². The summed E-state index contributed by atoms with van der Waals surface area (Å²) in [5.74, 6) is 0. The van der Waals surface area contributed by atoms with Gasteiger partial charge in [-0.2, -0.15) is 0 Å². The fourth-order valence-corrected chi connectivity index (χ4v) is 2.27. The highest BCUT2D eigenvalue weighted by Crippen LogP contribution is 2.08. The van der Waals surface area contributed by atoms with E-state index in [-0.39, 0.29) is 0 Å². The zero-order chi connectivity index (χ0) is 15.1. The first kappa shape index (κ1) is 19.9. The van der Waals surface area contributed by atoms with E-state index in [0.717, 1.165) is 39.4 Å². The van der Waals surface area contributed by atoms with Gasteiger partial charge in [-0.1, -0.05) is 40.0 Å². The van der Waals surface area contributed by atoms with Crippen LogP contribution in [0.5, 0.6) is 0 Å². The van der Waals surface area contributed by atoms with Crippen LogP contribution in [0.25, 0.3) is 0 Å². The first-order chi connectivity index (χ1) is 9.68. The maximum absolute atomic E-state index is 5.73. The number of likely N-dealkylation sites (N-methyl/N-ethyl adjacent to an activating group) is 1. The molecule has 0 aliphatic rings. The lowest BCUT2D eigenvalue weighted by Crippen LogP contribution is -2.47. The predicted molar refractivity (Wildman–Crippen MR) is 87.1 cm³/mol. The normalized spacial score (nSPS) is 12.0. The highest BCUT2D eigenvalue weighted by Gasteiger charge is 2.19. The Bertz CT molecular complexity index is 189. The van der Waals surface area contributed by atoms with Crippen molar-refractivity contribution in [1.82, 2.24) is 0 Å². The maximum Gasteiger partial charge on any atom is 0.102 e. The minimum atomic E-state index is 0.741. The Hall–Kier alpha value is -0.120. The average molecular weight is 288 g/mol. The topological polar surface area (TPSA) is 18.5 Å². The smallest absolute Gasteiger partial charge is 0.102 e. The van der Waals surface area contributed by atoms with Crippen LogP contribution in [0.1, 0.15) is 59.3 Å². The third kappa shape index (κ3) is 11.7. The molecule has 0 amide bonds. The van der Waals surface area contributed by atoms with E-state index < -0.39 is 0 Å². The predicted octanol–water partition coefficient (Wildman–Crippen LogP) is 3.87. The van der Waals surface area contributed by atoms with E-state index in [2.05, 4.69) is 27.8 Å². The van der Waals surface area contributed by atoms with E-state index in [1.54, 1.807) is 0 Å². The second-order valence-electron chi connectivity index (χ2n) is 6.08. The molecule has 0 aliphatic carbocycles. The minimum Gasteiger partial charge on any atom is -0.379 e. The Kier molecular flexibility index (Phi) is 13.8. The number of hydrogen-bond donors (Lipinski definition) is 0. The maximum atomic E-state index is 5.73. The molecule has 0 bridgehead atoms. The Morgan fingerprint density at radius 3 is 1.60 bits per heavy atom. The van der Waals surface area contributed by atoms with Crippen LogP contribution in [0.3, 0.4) is 0 Å². The van der Waals surface area contributed by atoms with Gasteiger partial charge in [0.1, 0.15) is 6.54 Å². The molecule has 0 aliphatic heterocycles. The molecule has 20 heavy (non-hydrogen) atoms. The molecular formula is C17H38NO2+. The lowest BCUT2D eigenvalue weighted by Gasteiger charge is -2.34. The Balaban J connectivity index is 3.67. The standard InChI is InChI=1S/C17H38NO2/c1-5-8-11-18(4,12-9-6-2)13-15-20-17-16-19-14-10-7-3/h5-17H2,1-4H3/q+1. The van der Waals surface area contributed by atoms with Crippen molar-refractivity contribution in [2.45, 2.75) is 59.3 Å². The van der Waals surface area contributed by atoms with Gasteiger partial charge in [0, 0.05) is 6.61 Å². The van der Waals surface area contributed by atoms with Gasteiger partial charge in [-0.15, -0.1) is 0 Å². The molecule has 0 saturated carbocycles. The molecule has 3 nitrogen and oxygen atoms in total. The molecular weight excluding hydrogens is 250 g/mol. The second kappa shape index (κ2) is 13.8. The van der Waals surface area contributed by atoms with Crippen molar-refractivity contribution >= 4 is 0 Å². The summed E-state index contributed by atoms with van der Waals surface area (Å²) in [4.78, 5) is 0. The van der Waals surface area contributed by atoms with Crippen LogP contribution in [0.2, 0.25) is 0 Å². The fraction of sp³-hybridized carbons (Fsp3) is 1.00. The van der Waals surface area contributed by atoms with Crippen LogP contribution in [0.4, 0.5) is 0 Å². The van der Waals surface area contributed by atoms with E-state index in [0.29, 0.717) is 0 Å². The van der Waals surface area contributed by atoms with Gasteiger partial charge in [-0.3, -0.25) is 0 Å². The monoisotopic (exact) mass is 288 g/mol. The van der Waals surface area contributed by atoms with Crippen LogP contribution in [-0.2, 0) is 9.47 Å². The molecule has 0 rings (SSSR count). The van der Waals surface area contributed by atoms with E-state index >= 15 is 0 Å². The van der Waals surface area contributed by atoms with Crippen LogP contribution >= 0.6 is 0 Å². The SMILES string of the molecule is CCCCOCCOCC[N+](C)(CCCC)CCCC. The summed E-state index contributed by atoms with van der Waals surface area (Å²) in [5.41, 5.74) is 0. The second-order valence-corrected chi connectivity index (χ2v) is 6.08. The number of rotatable bonds is 15. The van der Waals surface area contributed by atoms with Crippen molar-refractivity contribution in [1.29, 1.82) is 0 Å². The summed E-state index contributed by atoms with van der Waals surface area (Å²) in [5, 5.41) is 0. The number of hydrogen-bond acceptors (Lipinski definition) is 2. The summed E-state index contributed by atoms with van der Waals surface area (Å²) in [6.45, 7) is 13.7. The molecule has 0 heterocycles. The Morgan fingerprint density at radius 2 is 1.10 bits per heavy atom. The molecule has 0 aromatic heterocycles. The summed E-state index contributed by atoms with van der Waals surface area (Å²) in [6.07, 6.45) is 7.56. The number of nitrogens with zero attached hydrogens (tertiary/aromatic N) is 1. The average Bonchev–Trinajstić information content (AvgIpc) is 2.46. The Morgan fingerprint density at radius 1 is 0.600 bits per heavy atom. The van der Waals surface area contributed by atoms with E-state index in [1.165, 1.54) is 49.7 Å². The zero-order valence-electron chi connectivity index (χ0n) is 14.5. The fourth-order valence-electron chi connectivity index (χ4n) is 2.27. The molecule has 122 valence electrons. The first-order valence-corrected chi connectivity index (χ1v) is 8.67. The molecule has 0 aromatic carbocycles. The molecule has 0 saturated heterocycles. The Labute approximate surface area is 127 Å². The summed E-state index contributed by atoms with van der Waals surface area (Å²) in [7, 11) is 2.38. The van der Waals surface area contributed by atoms with Gasteiger partial charge >= 0.3 is 0 Å². The lowest BCUT2D eigenvalue weighted by molar-refractivity contribution is -0.910. The van der Waals surface area contributed by atoms with Crippen LogP contribution in [0.15, 0.2) is 0 Å². The van der Waals surface area contributed by atoms with Gasteiger partial charge in [-0.25, -0.2) is 0 Å². The molecule has 0 aromatic rings. The lowest BCUT2D eigenvalue weighted by atomic mass is 10.2. The van der Waals surface area contributed by atoms with Crippen molar-refractivity contribution in [3.05, 3.63) is 0 Å². The molecule has 0 fully saturated rings. The minimum absolute atomic E-state index is 0.741. The summed E-state index contributed by atoms with van der Waals surface area (Å²) in [6, 6.07) is 0. The van der Waals surface area contributed by atoms with Crippen molar-refractivity contribution in [3.8, 4) is 0 Å². The molecule has 0 radical (unpaired) electrons. The third-order valence-electron chi connectivity index (χ3n) is 3.89. The molecule has 0 N–H and O–H groups in total. The molecule has 0 unspecified atom stereocenters. The van der Waals surface area contributed by atoms with Crippen molar-refractivity contribution in [2.24, 2.45) is 0 Å². The molecule has 3 heteroatoms. The van der Waals surface area contributed by atoms with Crippen LogP contribution in [-0.4, -0.2) is 57.6 Å². The highest BCUT2D eigenvalue weighted by molar-refractivity contribution is 4.44. The third-order valence-corrected chi connectivity index (χ3v) is 3.89. The van der Waals surface area contributed by atoms with Gasteiger partial charge in [-0.05, 0) is 19.3 Å². The first-order valence-electron chi connectivity index (χ1n) is 8.67. The number of unbranched alkanes of at least 4 members (excludes halogenated alkanes) is 3. The summed E-state index contributed by atoms with van der Waals surface area (Å²) >= 11 is 0.